The van der Waals surface area contributed by atoms with Crippen molar-refractivity contribution >= 4 is 32.7 Å². The summed E-state index contributed by atoms with van der Waals surface area (Å²) in [5.74, 6) is 0.155. The molecule has 3 heteroatoms. The number of benzene rings is 4. The zero-order valence-corrected chi connectivity index (χ0v) is 13.8. The van der Waals surface area contributed by atoms with Crippen molar-refractivity contribution in [2.24, 2.45) is 0 Å². The summed E-state index contributed by atoms with van der Waals surface area (Å²) in [7, 11) is 0. The van der Waals surface area contributed by atoms with Gasteiger partial charge in [0.25, 0.3) is 0 Å². The van der Waals surface area contributed by atoms with E-state index in [-0.39, 0.29) is 11.2 Å². The van der Waals surface area contributed by atoms with Gasteiger partial charge in [-0.3, -0.25) is 4.79 Å². The average Bonchev–Trinajstić information content (AvgIpc) is 2.66. The lowest BCUT2D eigenvalue weighted by Gasteiger charge is -2.13. The molecule has 0 fully saturated rings. The second-order valence-corrected chi connectivity index (χ2v) is 6.35. The van der Waals surface area contributed by atoms with E-state index in [1.54, 1.807) is 24.3 Å². The third kappa shape index (κ3) is 2.18. The Balaban J connectivity index is 2.10. The van der Waals surface area contributed by atoms with Crippen LogP contribution in [0.2, 0.25) is 0 Å². The highest BCUT2D eigenvalue weighted by Crippen LogP contribution is 2.40. The van der Waals surface area contributed by atoms with E-state index in [4.69, 9.17) is 4.42 Å². The van der Waals surface area contributed by atoms with E-state index in [0.29, 0.717) is 11.2 Å². The predicted molar refractivity (Wildman–Crippen MR) is 105 cm³/mol. The molecular weight excluding hydrogens is 324 g/mol. The second-order valence-electron chi connectivity index (χ2n) is 6.35. The largest absolute Gasteiger partial charge is 0.508 e. The van der Waals surface area contributed by atoms with E-state index in [1.165, 1.54) is 0 Å². The van der Waals surface area contributed by atoms with Crippen LogP contribution in [0.3, 0.4) is 0 Å². The predicted octanol–water partition coefficient (Wildman–Crippen LogP) is 5.47. The molecule has 0 bridgehead atoms. The van der Waals surface area contributed by atoms with E-state index < -0.39 is 0 Å². The Hall–Kier alpha value is -3.59. The number of rotatable bonds is 1. The van der Waals surface area contributed by atoms with Gasteiger partial charge in [-0.05, 0) is 46.7 Å². The summed E-state index contributed by atoms with van der Waals surface area (Å²) in [6, 6.07) is 24.1. The van der Waals surface area contributed by atoms with E-state index in [1.807, 2.05) is 54.6 Å². The number of phenolic OH excluding ortho intramolecular Hbond substituents is 1. The number of fused-ring (bicyclic) bond motifs is 4. The van der Waals surface area contributed by atoms with Gasteiger partial charge in [-0.2, -0.15) is 0 Å². The number of hydrogen-bond acceptors (Lipinski definition) is 3. The molecule has 0 radical (unpaired) electrons. The maximum Gasteiger partial charge on any atom is 0.179 e. The Labute approximate surface area is 148 Å². The third-order valence-corrected chi connectivity index (χ3v) is 4.72. The Morgan fingerprint density at radius 2 is 1.54 bits per heavy atom. The van der Waals surface area contributed by atoms with Gasteiger partial charge in [-0.25, -0.2) is 0 Å². The molecule has 1 heterocycles. The van der Waals surface area contributed by atoms with Crippen molar-refractivity contribution in [2.75, 3.05) is 0 Å². The number of aromatic hydroxyl groups is 1. The van der Waals surface area contributed by atoms with Gasteiger partial charge in [0.1, 0.15) is 16.9 Å². The topological polar surface area (TPSA) is 50.4 Å². The maximum absolute atomic E-state index is 12.0. The van der Waals surface area contributed by atoms with Crippen molar-refractivity contribution in [3.8, 4) is 16.9 Å². The van der Waals surface area contributed by atoms with Gasteiger partial charge in [-0.1, -0.05) is 42.5 Å². The molecule has 4 aromatic carbocycles. The quantitative estimate of drug-likeness (QED) is 0.325. The fourth-order valence-electron chi connectivity index (χ4n) is 3.58. The van der Waals surface area contributed by atoms with Crippen LogP contribution in [0.15, 0.2) is 88.1 Å². The molecule has 0 saturated carbocycles. The smallest absolute Gasteiger partial charge is 0.179 e. The van der Waals surface area contributed by atoms with Crippen LogP contribution < -0.4 is 5.43 Å². The summed E-state index contributed by atoms with van der Waals surface area (Å²) < 4.78 is 6.08. The Morgan fingerprint density at radius 3 is 2.38 bits per heavy atom. The van der Waals surface area contributed by atoms with Crippen LogP contribution in [0.4, 0.5) is 0 Å². The van der Waals surface area contributed by atoms with Gasteiger partial charge in [0.15, 0.2) is 5.43 Å². The molecular formula is C23H14O3. The summed E-state index contributed by atoms with van der Waals surface area (Å²) in [6.07, 6.45) is 0. The molecule has 1 N–H and O–H groups in total. The molecule has 0 unspecified atom stereocenters. The van der Waals surface area contributed by atoms with E-state index in [0.717, 1.165) is 32.7 Å². The van der Waals surface area contributed by atoms with Crippen molar-refractivity contribution in [3.05, 3.63) is 89.1 Å². The Morgan fingerprint density at radius 1 is 0.731 bits per heavy atom. The van der Waals surface area contributed by atoms with Gasteiger partial charge in [0.05, 0.1) is 0 Å². The highest BCUT2D eigenvalue weighted by Gasteiger charge is 2.15. The molecule has 0 saturated heterocycles. The molecule has 0 aliphatic rings. The van der Waals surface area contributed by atoms with Crippen molar-refractivity contribution in [1.29, 1.82) is 0 Å². The van der Waals surface area contributed by atoms with E-state index >= 15 is 0 Å². The molecule has 0 atom stereocenters. The molecule has 5 rings (SSSR count). The van der Waals surface area contributed by atoms with Crippen molar-refractivity contribution < 1.29 is 9.52 Å². The summed E-state index contributed by atoms with van der Waals surface area (Å²) in [4.78, 5) is 12.0. The first-order valence-corrected chi connectivity index (χ1v) is 8.38. The Bertz CT molecular complexity index is 1350. The molecule has 0 amide bonds. The standard InChI is InChI=1S/C23H14O3/c24-16-8-6-14-7-11-20-23(19(14)12-16)22(15-4-2-1-3-5-15)18-10-9-17(25)13-21(18)26-20/h1-13,25H. The van der Waals surface area contributed by atoms with Gasteiger partial charge >= 0.3 is 0 Å². The first-order chi connectivity index (χ1) is 12.7. The minimum absolute atomic E-state index is 0.0326. The lowest BCUT2D eigenvalue weighted by molar-refractivity contribution is 0.474. The lowest BCUT2D eigenvalue weighted by Crippen LogP contribution is -1.95. The van der Waals surface area contributed by atoms with Crippen LogP contribution >= 0.6 is 0 Å². The summed E-state index contributed by atoms with van der Waals surface area (Å²) in [5, 5.41) is 13.5. The molecule has 26 heavy (non-hydrogen) atoms. The lowest BCUT2D eigenvalue weighted by atomic mass is 9.94. The maximum atomic E-state index is 12.0. The zero-order valence-electron chi connectivity index (χ0n) is 13.8. The fraction of sp³-hybridized carbons (Fsp3) is 0. The van der Waals surface area contributed by atoms with Crippen molar-refractivity contribution in [1.82, 2.24) is 0 Å². The summed E-state index contributed by atoms with van der Waals surface area (Å²) in [5.41, 5.74) is 3.29. The van der Waals surface area contributed by atoms with Gasteiger partial charge in [0.2, 0.25) is 0 Å². The van der Waals surface area contributed by atoms with Gasteiger partial charge < -0.3 is 9.52 Å². The molecule has 1 aromatic heterocycles. The molecule has 124 valence electrons. The second kappa shape index (κ2) is 5.46. The molecule has 0 aliphatic heterocycles. The van der Waals surface area contributed by atoms with Crippen LogP contribution in [0, 0.1) is 0 Å². The molecule has 5 aromatic rings. The first-order valence-electron chi connectivity index (χ1n) is 8.38. The monoisotopic (exact) mass is 338 g/mol. The minimum Gasteiger partial charge on any atom is -0.508 e. The first kappa shape index (κ1) is 14.7. The number of phenols is 1. The van der Waals surface area contributed by atoms with Crippen LogP contribution in [0.25, 0.3) is 43.8 Å². The van der Waals surface area contributed by atoms with E-state index in [9.17, 15) is 9.90 Å². The summed E-state index contributed by atoms with van der Waals surface area (Å²) >= 11 is 0. The highest BCUT2D eigenvalue weighted by atomic mass is 16.3. The SMILES string of the molecule is O=c1ccc2ccc3oc4cc(O)ccc4c(-c4ccccc4)c3c2c1. The van der Waals surface area contributed by atoms with Crippen LogP contribution in [0.1, 0.15) is 0 Å². The minimum atomic E-state index is -0.0326. The average molecular weight is 338 g/mol. The number of hydrogen-bond donors (Lipinski definition) is 1. The molecule has 0 aliphatic carbocycles. The third-order valence-electron chi connectivity index (χ3n) is 4.72. The normalized spacial score (nSPS) is 11.4. The van der Waals surface area contributed by atoms with Crippen LogP contribution in [0.5, 0.6) is 5.75 Å². The summed E-state index contributed by atoms with van der Waals surface area (Å²) in [6.45, 7) is 0. The van der Waals surface area contributed by atoms with Gasteiger partial charge in [0, 0.05) is 22.4 Å². The van der Waals surface area contributed by atoms with Crippen LogP contribution in [-0.4, -0.2) is 5.11 Å². The van der Waals surface area contributed by atoms with Crippen LogP contribution in [-0.2, 0) is 0 Å². The highest BCUT2D eigenvalue weighted by molar-refractivity contribution is 6.18. The van der Waals surface area contributed by atoms with Crippen molar-refractivity contribution in [2.45, 2.75) is 0 Å². The van der Waals surface area contributed by atoms with E-state index in [2.05, 4.69) is 0 Å². The van der Waals surface area contributed by atoms with Gasteiger partial charge in [-0.15, -0.1) is 0 Å². The molecule has 0 spiro atoms. The fourth-order valence-corrected chi connectivity index (χ4v) is 3.58. The molecule has 3 nitrogen and oxygen atoms in total. The van der Waals surface area contributed by atoms with Crippen molar-refractivity contribution in [3.63, 3.8) is 0 Å². The zero-order chi connectivity index (χ0) is 17.7. The Kier molecular flexibility index (Phi) is 3.09.